The van der Waals surface area contributed by atoms with Crippen LogP contribution in [0.25, 0.3) is 10.7 Å². The van der Waals surface area contributed by atoms with Gasteiger partial charge in [0.2, 0.25) is 11.1 Å². The van der Waals surface area contributed by atoms with Gasteiger partial charge in [-0.3, -0.25) is 14.7 Å². The van der Waals surface area contributed by atoms with Gasteiger partial charge in [0.15, 0.2) is 11.6 Å². The van der Waals surface area contributed by atoms with Crippen molar-refractivity contribution in [2.75, 3.05) is 11.1 Å². The van der Waals surface area contributed by atoms with E-state index in [4.69, 9.17) is 0 Å². The summed E-state index contributed by atoms with van der Waals surface area (Å²) in [6.45, 7) is 2.11. The van der Waals surface area contributed by atoms with Gasteiger partial charge >= 0.3 is 0 Å². The zero-order valence-electron chi connectivity index (χ0n) is 15.6. The maximum absolute atomic E-state index is 12.4. The third-order valence-electron chi connectivity index (χ3n) is 4.05. The van der Waals surface area contributed by atoms with Crippen LogP contribution in [0.4, 0.5) is 5.69 Å². The molecule has 2 heterocycles. The van der Waals surface area contributed by atoms with Gasteiger partial charge in [0.05, 0.1) is 10.6 Å². The Morgan fingerprint density at radius 2 is 2.00 bits per heavy atom. The number of carbonyl (C=O) groups is 2. The lowest BCUT2D eigenvalue weighted by atomic mass is 10.1. The Hall–Kier alpha value is -2.45. The van der Waals surface area contributed by atoms with Crippen LogP contribution in [-0.2, 0) is 4.79 Å². The van der Waals surface area contributed by atoms with Crippen molar-refractivity contribution in [1.82, 2.24) is 15.2 Å². The summed E-state index contributed by atoms with van der Waals surface area (Å²) in [7, 11) is 0. The molecule has 8 heteroatoms. The highest BCUT2D eigenvalue weighted by Crippen LogP contribution is 2.23. The van der Waals surface area contributed by atoms with E-state index in [1.54, 1.807) is 35.6 Å². The van der Waals surface area contributed by atoms with Crippen LogP contribution in [0.3, 0.4) is 0 Å². The number of rotatable bonds is 10. The van der Waals surface area contributed by atoms with Crippen LogP contribution in [0.5, 0.6) is 0 Å². The second kappa shape index (κ2) is 10.2. The molecule has 0 aliphatic heterocycles. The van der Waals surface area contributed by atoms with Crippen molar-refractivity contribution in [3.05, 3.63) is 47.3 Å². The van der Waals surface area contributed by atoms with E-state index in [9.17, 15) is 9.59 Å². The third-order valence-corrected chi connectivity index (χ3v) is 5.77. The predicted octanol–water partition coefficient (Wildman–Crippen LogP) is 5.03. The molecule has 1 amide bonds. The smallest absolute Gasteiger partial charge is 0.224 e. The number of nitrogens with zero attached hydrogens (tertiary/aromatic N) is 2. The number of amides is 1. The molecule has 0 aliphatic carbocycles. The number of hydrogen-bond donors (Lipinski definition) is 2. The average Bonchev–Trinajstić information content (AvgIpc) is 3.38. The predicted molar refractivity (Wildman–Crippen MR) is 114 cm³/mol. The fraction of sp³-hybridized carbons (Fsp3) is 0.300. The third kappa shape index (κ3) is 5.77. The molecule has 0 unspecified atom stereocenters. The second-order valence-corrected chi connectivity index (χ2v) is 8.13. The number of aromatic nitrogens is 3. The Kier molecular flexibility index (Phi) is 7.39. The first-order valence-electron chi connectivity index (χ1n) is 9.18. The molecule has 0 saturated carbocycles. The lowest BCUT2D eigenvalue weighted by Gasteiger charge is -2.06. The van der Waals surface area contributed by atoms with Crippen molar-refractivity contribution in [3.63, 3.8) is 0 Å². The van der Waals surface area contributed by atoms with Crippen molar-refractivity contribution >= 4 is 40.5 Å². The van der Waals surface area contributed by atoms with Gasteiger partial charge in [-0.25, -0.2) is 4.98 Å². The highest BCUT2D eigenvalue weighted by atomic mass is 32.2. The first-order chi connectivity index (χ1) is 13.7. The summed E-state index contributed by atoms with van der Waals surface area (Å²) in [6.07, 6.45) is 3.56. The lowest BCUT2D eigenvalue weighted by Crippen LogP contribution is -2.11. The highest BCUT2D eigenvalue weighted by Gasteiger charge is 2.11. The number of H-pyrrole nitrogens is 1. The van der Waals surface area contributed by atoms with Gasteiger partial charge in [-0.2, -0.15) is 0 Å². The van der Waals surface area contributed by atoms with Crippen LogP contribution < -0.4 is 5.32 Å². The van der Waals surface area contributed by atoms with Gasteiger partial charge < -0.3 is 5.32 Å². The standard InChI is InChI=1S/C20H22N4O2S2/c1-2-3-4-7-18(26)21-15-10-8-14(9-11-15)16(25)13-28-20-22-19(23-24-20)17-6-5-12-27-17/h5-6,8-12H,2-4,7,13H2,1H3,(H,21,26)(H,22,23,24). The summed E-state index contributed by atoms with van der Waals surface area (Å²) in [5, 5.41) is 12.4. The maximum Gasteiger partial charge on any atom is 0.224 e. The fourth-order valence-electron chi connectivity index (χ4n) is 2.55. The van der Waals surface area contributed by atoms with Crippen LogP contribution in [0.15, 0.2) is 46.9 Å². The number of Topliss-reactive ketones (excluding diaryl/α,β-unsaturated/α-hetero) is 1. The summed E-state index contributed by atoms with van der Waals surface area (Å²) in [6, 6.07) is 10.9. The van der Waals surface area contributed by atoms with Crippen molar-refractivity contribution in [1.29, 1.82) is 0 Å². The Bertz CT molecular complexity index is 905. The van der Waals surface area contributed by atoms with Gasteiger partial charge in [-0.05, 0) is 42.1 Å². The van der Waals surface area contributed by atoms with E-state index >= 15 is 0 Å². The van der Waals surface area contributed by atoms with Gasteiger partial charge in [-0.1, -0.05) is 37.6 Å². The van der Waals surface area contributed by atoms with Gasteiger partial charge in [0.1, 0.15) is 0 Å². The molecule has 3 rings (SSSR count). The summed E-state index contributed by atoms with van der Waals surface area (Å²) in [5.41, 5.74) is 1.31. The number of hydrogen-bond acceptors (Lipinski definition) is 6. The fourth-order valence-corrected chi connectivity index (χ4v) is 3.90. The van der Waals surface area contributed by atoms with Gasteiger partial charge in [0.25, 0.3) is 0 Å². The van der Waals surface area contributed by atoms with Crippen LogP contribution in [0, 0.1) is 0 Å². The zero-order valence-corrected chi connectivity index (χ0v) is 17.2. The molecular weight excluding hydrogens is 392 g/mol. The minimum Gasteiger partial charge on any atom is -0.326 e. The molecule has 6 nitrogen and oxygen atoms in total. The number of aromatic amines is 1. The number of carbonyl (C=O) groups excluding carboxylic acids is 2. The molecule has 0 saturated heterocycles. The van der Waals surface area contributed by atoms with Crippen LogP contribution in [0.2, 0.25) is 0 Å². The van der Waals surface area contributed by atoms with Gasteiger partial charge in [-0.15, -0.1) is 16.4 Å². The lowest BCUT2D eigenvalue weighted by molar-refractivity contribution is -0.116. The summed E-state index contributed by atoms with van der Waals surface area (Å²) in [4.78, 5) is 29.7. The quantitative estimate of drug-likeness (QED) is 0.276. The van der Waals surface area contributed by atoms with E-state index in [-0.39, 0.29) is 17.4 Å². The van der Waals surface area contributed by atoms with E-state index in [1.165, 1.54) is 11.8 Å². The molecule has 0 radical (unpaired) electrons. The molecule has 0 spiro atoms. The molecule has 2 aromatic heterocycles. The number of nitrogens with one attached hydrogen (secondary N) is 2. The van der Waals surface area contributed by atoms with Crippen molar-refractivity contribution in [2.45, 2.75) is 37.8 Å². The summed E-state index contributed by atoms with van der Waals surface area (Å²) >= 11 is 2.88. The molecule has 3 aromatic rings. The van der Waals surface area contributed by atoms with Crippen LogP contribution in [-0.4, -0.2) is 32.6 Å². The molecule has 2 N–H and O–H groups in total. The van der Waals surface area contributed by atoms with E-state index < -0.39 is 0 Å². The minimum absolute atomic E-state index is 0.00621. The van der Waals surface area contributed by atoms with E-state index in [0.29, 0.717) is 28.7 Å². The van der Waals surface area contributed by atoms with Crippen molar-refractivity contribution in [3.8, 4) is 10.7 Å². The van der Waals surface area contributed by atoms with Crippen molar-refractivity contribution in [2.24, 2.45) is 0 Å². The maximum atomic E-state index is 12.4. The topological polar surface area (TPSA) is 87.7 Å². The molecular formula is C20H22N4O2S2. The number of thiophene rings is 1. The molecule has 1 aromatic carbocycles. The molecule has 0 bridgehead atoms. The first-order valence-corrected chi connectivity index (χ1v) is 11.0. The number of ketones is 1. The van der Waals surface area contributed by atoms with E-state index in [2.05, 4.69) is 27.4 Å². The number of benzene rings is 1. The highest BCUT2D eigenvalue weighted by molar-refractivity contribution is 7.99. The summed E-state index contributed by atoms with van der Waals surface area (Å²) in [5.74, 6) is 0.969. The van der Waals surface area contributed by atoms with Crippen LogP contribution in [0.1, 0.15) is 43.0 Å². The molecule has 0 aliphatic rings. The number of unbranched alkanes of at least 4 members (excludes halogenated alkanes) is 2. The Morgan fingerprint density at radius 1 is 1.18 bits per heavy atom. The van der Waals surface area contributed by atoms with E-state index in [1.807, 2.05) is 17.5 Å². The normalized spacial score (nSPS) is 10.8. The van der Waals surface area contributed by atoms with Crippen LogP contribution >= 0.6 is 23.1 Å². The Balaban J connectivity index is 1.49. The zero-order chi connectivity index (χ0) is 19.8. The molecule has 146 valence electrons. The minimum atomic E-state index is -0.00621. The number of anilines is 1. The largest absolute Gasteiger partial charge is 0.326 e. The van der Waals surface area contributed by atoms with E-state index in [0.717, 1.165) is 24.1 Å². The molecule has 0 fully saturated rings. The van der Waals surface area contributed by atoms with Crippen molar-refractivity contribution < 1.29 is 9.59 Å². The SMILES string of the molecule is CCCCCC(=O)Nc1ccc(C(=O)CSc2n[nH]c(-c3cccs3)n2)cc1. The average molecular weight is 415 g/mol. The van der Waals surface area contributed by atoms with Gasteiger partial charge in [0, 0.05) is 17.7 Å². The Labute approximate surface area is 172 Å². The Morgan fingerprint density at radius 3 is 2.71 bits per heavy atom. The molecule has 28 heavy (non-hydrogen) atoms. The summed E-state index contributed by atoms with van der Waals surface area (Å²) < 4.78 is 0. The second-order valence-electron chi connectivity index (χ2n) is 6.24. The number of thioether (sulfide) groups is 1. The first kappa shape index (κ1) is 20.3. The monoisotopic (exact) mass is 414 g/mol. The molecule has 0 atom stereocenters.